The second kappa shape index (κ2) is 19.4. The molecule has 0 bridgehead atoms. The van der Waals surface area contributed by atoms with E-state index in [1.165, 1.54) is 22.3 Å². The van der Waals surface area contributed by atoms with Crippen molar-refractivity contribution < 1.29 is 41.6 Å². The van der Waals surface area contributed by atoms with E-state index in [4.69, 9.17) is 26.6 Å². The summed E-state index contributed by atoms with van der Waals surface area (Å²) in [6.07, 6.45) is 12.1. The first-order valence-electron chi connectivity index (χ1n) is 13.1. The van der Waals surface area contributed by atoms with Crippen LogP contribution >= 0.6 is 11.6 Å². The number of pyridine rings is 1. The fourth-order valence-electron chi connectivity index (χ4n) is 4.44. The summed E-state index contributed by atoms with van der Waals surface area (Å²) in [5, 5.41) is 0.633. The van der Waals surface area contributed by atoms with Crippen molar-refractivity contribution in [1.82, 2.24) is 4.98 Å². The molecule has 0 aliphatic carbocycles. The van der Waals surface area contributed by atoms with Crippen molar-refractivity contribution in [2.75, 3.05) is 0 Å². The van der Waals surface area contributed by atoms with Crippen LogP contribution in [-0.2, 0) is 42.5 Å². The van der Waals surface area contributed by atoms with Crippen LogP contribution in [0.15, 0.2) is 58.5 Å². The van der Waals surface area contributed by atoms with Gasteiger partial charge in [-0.25, -0.2) is 4.98 Å². The average molecular weight is 618 g/mol. The Bertz CT molecular complexity index is 1040. The Balaban J connectivity index is 0.00000456. The molecule has 7 heteroatoms. The maximum atomic E-state index is 6.47. The van der Waals surface area contributed by atoms with Crippen molar-refractivity contribution in [3.8, 4) is 0 Å². The molecule has 0 aliphatic rings. The molecule has 3 aromatic rings. The number of aryl methyl sites for hydroxylation is 4. The number of para-hydroxylation sites is 2. The normalized spacial score (nSPS) is 10.8. The predicted molar refractivity (Wildman–Crippen MR) is 153 cm³/mol. The number of rotatable bonds is 12. The van der Waals surface area contributed by atoms with Gasteiger partial charge in [-0.15, -0.1) is 0 Å². The van der Waals surface area contributed by atoms with Crippen LogP contribution in [0.4, 0.5) is 11.4 Å². The third-order valence-corrected chi connectivity index (χ3v) is 6.18. The minimum absolute atomic E-state index is 0. The van der Waals surface area contributed by atoms with Crippen molar-refractivity contribution in [2.45, 2.75) is 79.1 Å². The van der Waals surface area contributed by atoms with Crippen LogP contribution in [0.2, 0.25) is 5.02 Å². The van der Waals surface area contributed by atoms with Gasteiger partial charge in [-0.05, 0) is 60.1 Å². The first-order valence-corrected chi connectivity index (χ1v) is 13.4. The van der Waals surface area contributed by atoms with Crippen LogP contribution in [-0.4, -0.2) is 17.4 Å². The zero-order chi connectivity index (χ0) is 25.0. The number of benzene rings is 2. The van der Waals surface area contributed by atoms with Gasteiger partial charge in [0.05, 0.1) is 35.2 Å². The SMILES string of the molecule is CCCc1cccc(CCC)c1N=Cc1cc(Cl)cc(C=Nc2c(CCC)cccc2CCC)n1.[Cl-].[Cl-].[Co+2]. The van der Waals surface area contributed by atoms with Crippen LogP contribution in [0.3, 0.4) is 0 Å². The molecule has 0 N–H and O–H groups in total. The van der Waals surface area contributed by atoms with Crippen molar-refractivity contribution in [1.29, 1.82) is 0 Å². The van der Waals surface area contributed by atoms with Gasteiger partial charge in [0.1, 0.15) is 0 Å². The van der Waals surface area contributed by atoms with E-state index >= 15 is 0 Å². The van der Waals surface area contributed by atoms with Gasteiger partial charge in [0.15, 0.2) is 0 Å². The smallest absolute Gasteiger partial charge is 1.00 e. The van der Waals surface area contributed by atoms with E-state index in [0.717, 1.165) is 74.1 Å². The van der Waals surface area contributed by atoms with E-state index in [9.17, 15) is 0 Å². The summed E-state index contributed by atoms with van der Waals surface area (Å²) in [7, 11) is 0. The molecule has 0 saturated heterocycles. The molecule has 207 valence electrons. The summed E-state index contributed by atoms with van der Waals surface area (Å²) in [4.78, 5) is 14.6. The van der Waals surface area contributed by atoms with E-state index in [1.54, 1.807) is 0 Å². The molecule has 0 atom stereocenters. The standard InChI is InChI=1S/C31H38ClN3.2ClH.Co/c1-5-11-23-15-9-16-24(12-6-2)30(23)33-21-28-19-27(32)20-29(35-28)22-34-31-25(13-7-3)17-10-18-26(31)14-8-4;;;/h9-10,15-22H,5-8,11-14H2,1-4H3;2*1H;/q;;;+2/p-2. The summed E-state index contributed by atoms with van der Waals surface area (Å²) in [5.41, 5.74) is 8.77. The number of aliphatic imine (C=N–C) groups is 2. The summed E-state index contributed by atoms with van der Waals surface area (Å²) < 4.78 is 0. The minimum Gasteiger partial charge on any atom is -1.00 e. The van der Waals surface area contributed by atoms with Crippen LogP contribution in [0.5, 0.6) is 0 Å². The molecule has 3 nitrogen and oxygen atoms in total. The van der Waals surface area contributed by atoms with Crippen molar-refractivity contribution in [2.24, 2.45) is 9.98 Å². The zero-order valence-electron chi connectivity index (χ0n) is 22.7. The Morgan fingerprint density at radius 2 is 0.947 bits per heavy atom. The zero-order valence-corrected chi connectivity index (χ0v) is 26.0. The molecular formula is C31H38Cl3CoN3. The second-order valence-corrected chi connectivity index (χ2v) is 9.44. The monoisotopic (exact) mass is 616 g/mol. The Kier molecular flexibility index (Phi) is 18.5. The molecule has 0 amide bonds. The molecular weight excluding hydrogens is 580 g/mol. The van der Waals surface area contributed by atoms with E-state index in [0.29, 0.717) is 5.02 Å². The van der Waals surface area contributed by atoms with Gasteiger partial charge >= 0.3 is 16.8 Å². The fraction of sp³-hybridized carbons (Fsp3) is 0.387. The topological polar surface area (TPSA) is 37.6 Å². The summed E-state index contributed by atoms with van der Waals surface area (Å²) in [6, 6.07) is 16.7. The molecule has 1 radical (unpaired) electrons. The Labute approximate surface area is 257 Å². The number of aromatic nitrogens is 1. The summed E-state index contributed by atoms with van der Waals surface area (Å²) in [5.74, 6) is 0. The summed E-state index contributed by atoms with van der Waals surface area (Å²) in [6.45, 7) is 8.81. The second-order valence-electron chi connectivity index (χ2n) is 9.00. The maximum absolute atomic E-state index is 6.47. The number of halogens is 3. The van der Waals surface area contributed by atoms with Crippen LogP contribution in [0, 0.1) is 0 Å². The Morgan fingerprint density at radius 3 is 1.24 bits per heavy atom. The number of hydrogen-bond acceptors (Lipinski definition) is 3. The molecule has 3 rings (SSSR count). The van der Waals surface area contributed by atoms with Crippen molar-refractivity contribution in [3.05, 3.63) is 87.2 Å². The largest absolute Gasteiger partial charge is 2.00 e. The molecule has 0 unspecified atom stereocenters. The minimum atomic E-state index is 0. The first kappa shape index (κ1) is 36.3. The predicted octanol–water partition coefficient (Wildman–Crippen LogP) is 3.05. The van der Waals surface area contributed by atoms with E-state index in [1.807, 2.05) is 24.6 Å². The molecule has 1 heterocycles. The number of nitrogens with zero attached hydrogens (tertiary/aromatic N) is 3. The van der Waals surface area contributed by atoms with Gasteiger partial charge < -0.3 is 24.8 Å². The van der Waals surface area contributed by atoms with Gasteiger partial charge in [0, 0.05) is 5.02 Å². The van der Waals surface area contributed by atoms with Gasteiger partial charge in [-0.3, -0.25) is 9.98 Å². The molecule has 38 heavy (non-hydrogen) atoms. The van der Waals surface area contributed by atoms with Crippen molar-refractivity contribution in [3.63, 3.8) is 0 Å². The summed E-state index contributed by atoms with van der Waals surface area (Å²) >= 11 is 6.47. The molecule has 0 fully saturated rings. The van der Waals surface area contributed by atoms with Gasteiger partial charge in [0.25, 0.3) is 0 Å². The Hall–Kier alpha value is -1.69. The first-order chi connectivity index (χ1) is 17.1. The van der Waals surface area contributed by atoms with Gasteiger partial charge in [-0.2, -0.15) is 0 Å². The quantitative estimate of drug-likeness (QED) is 0.288. The Morgan fingerprint density at radius 1 is 0.632 bits per heavy atom. The molecule has 2 aromatic carbocycles. The third-order valence-electron chi connectivity index (χ3n) is 5.97. The van der Waals surface area contributed by atoms with Crippen LogP contribution in [0.25, 0.3) is 0 Å². The van der Waals surface area contributed by atoms with Crippen LogP contribution < -0.4 is 24.8 Å². The average Bonchev–Trinajstić information content (AvgIpc) is 2.84. The molecule has 0 saturated carbocycles. The van der Waals surface area contributed by atoms with Gasteiger partial charge in [0.2, 0.25) is 0 Å². The van der Waals surface area contributed by atoms with E-state index < -0.39 is 0 Å². The van der Waals surface area contributed by atoms with Crippen LogP contribution in [0.1, 0.15) is 87.0 Å². The van der Waals surface area contributed by atoms with Crippen molar-refractivity contribution >= 4 is 35.4 Å². The van der Waals surface area contributed by atoms with E-state index in [2.05, 4.69) is 64.1 Å². The maximum Gasteiger partial charge on any atom is 2.00 e. The molecule has 0 spiro atoms. The van der Waals surface area contributed by atoms with E-state index in [-0.39, 0.29) is 41.6 Å². The van der Waals surface area contributed by atoms with Gasteiger partial charge in [-0.1, -0.05) is 101 Å². The molecule has 0 aliphatic heterocycles. The third kappa shape index (κ3) is 10.5. The fourth-order valence-corrected chi connectivity index (χ4v) is 4.66. The number of hydrogen-bond donors (Lipinski definition) is 0. The molecule has 1 aromatic heterocycles.